The maximum atomic E-state index is 12.6. The molecule has 1 fully saturated rings. The van der Waals surface area contributed by atoms with Crippen molar-refractivity contribution in [1.82, 2.24) is 14.9 Å². The maximum absolute atomic E-state index is 12.6. The fourth-order valence-corrected chi connectivity index (χ4v) is 3.79. The van der Waals surface area contributed by atoms with Gasteiger partial charge < -0.3 is 9.64 Å². The number of carbonyl (C=O) groups excluding carboxylic acids is 1. The third-order valence-corrected chi connectivity index (χ3v) is 5.28. The number of likely N-dealkylation sites (tertiary alicyclic amines) is 1. The van der Waals surface area contributed by atoms with Crippen molar-refractivity contribution < 1.29 is 13.7 Å². The summed E-state index contributed by atoms with van der Waals surface area (Å²) in [6.07, 6.45) is 4.23. The third-order valence-electron chi connectivity index (χ3n) is 3.42. The number of aromatic nitrogens is 2. The van der Waals surface area contributed by atoms with Crippen LogP contribution in [-0.2, 0) is 15.5 Å². The molecule has 1 amide bonds. The van der Waals surface area contributed by atoms with Crippen LogP contribution in [-0.4, -0.2) is 49.1 Å². The van der Waals surface area contributed by atoms with Crippen LogP contribution in [0.15, 0.2) is 17.4 Å². The minimum Gasteiger partial charge on any atom is -0.444 e. The molecule has 2 rings (SSSR count). The Balaban J connectivity index is 1.94. The normalized spacial score (nSPS) is 18.1. The van der Waals surface area contributed by atoms with Gasteiger partial charge in [0, 0.05) is 30.7 Å². The molecule has 6 nitrogen and oxygen atoms in total. The highest BCUT2D eigenvalue weighted by atomic mass is 32.2. The van der Waals surface area contributed by atoms with E-state index in [0.717, 1.165) is 0 Å². The molecule has 2 heterocycles. The minimum atomic E-state index is -1.18. The number of carbonyl (C=O) groups is 1. The lowest BCUT2D eigenvalue weighted by atomic mass is 10.1. The maximum Gasteiger partial charge on any atom is 0.410 e. The molecule has 1 aromatic heterocycles. The summed E-state index contributed by atoms with van der Waals surface area (Å²) in [6.45, 7) is 8.49. The van der Waals surface area contributed by atoms with Gasteiger partial charge in [0.1, 0.15) is 10.6 Å². The summed E-state index contributed by atoms with van der Waals surface area (Å²) in [5.74, 6) is 0. The molecule has 1 aliphatic rings. The zero-order chi connectivity index (χ0) is 16.3. The number of aryl methyl sites for hydroxylation is 1. The predicted molar refractivity (Wildman–Crippen MR) is 84.0 cm³/mol. The molecule has 22 heavy (non-hydrogen) atoms. The van der Waals surface area contributed by atoms with Crippen molar-refractivity contribution in [3.05, 3.63) is 18.1 Å². The Morgan fingerprint density at radius 1 is 1.27 bits per heavy atom. The molecule has 0 N–H and O–H groups in total. The van der Waals surface area contributed by atoms with E-state index in [-0.39, 0.29) is 11.3 Å². The second-order valence-corrected chi connectivity index (χ2v) is 8.06. The van der Waals surface area contributed by atoms with E-state index >= 15 is 0 Å². The number of nitrogens with zero attached hydrogens (tertiary/aromatic N) is 3. The van der Waals surface area contributed by atoms with Crippen molar-refractivity contribution in [3.8, 4) is 0 Å². The highest BCUT2D eigenvalue weighted by Gasteiger charge is 2.30. The average Bonchev–Trinajstić information content (AvgIpc) is 2.45. The van der Waals surface area contributed by atoms with Gasteiger partial charge >= 0.3 is 6.09 Å². The zero-order valence-electron chi connectivity index (χ0n) is 13.5. The summed E-state index contributed by atoms with van der Waals surface area (Å²) < 4.78 is 18.0. The fraction of sp³-hybridized carbons (Fsp3) is 0.667. The fourth-order valence-electron chi connectivity index (χ4n) is 2.33. The molecule has 0 unspecified atom stereocenters. The summed E-state index contributed by atoms with van der Waals surface area (Å²) in [4.78, 5) is 22.0. The van der Waals surface area contributed by atoms with Gasteiger partial charge in [0.15, 0.2) is 0 Å². The van der Waals surface area contributed by atoms with E-state index in [9.17, 15) is 9.00 Å². The summed E-state index contributed by atoms with van der Waals surface area (Å²) in [5.41, 5.74) is 0.212. The number of hydrogen-bond acceptors (Lipinski definition) is 5. The van der Waals surface area contributed by atoms with Gasteiger partial charge in [-0.2, -0.15) is 0 Å². The number of ether oxygens (including phenoxy) is 1. The monoisotopic (exact) mass is 325 g/mol. The molecule has 1 atom stereocenters. The molecule has 0 bridgehead atoms. The van der Waals surface area contributed by atoms with E-state index < -0.39 is 16.4 Å². The third kappa shape index (κ3) is 4.25. The molecule has 122 valence electrons. The second-order valence-electron chi connectivity index (χ2n) is 6.41. The molecule has 0 saturated carbocycles. The highest BCUT2D eigenvalue weighted by Crippen LogP contribution is 2.22. The van der Waals surface area contributed by atoms with Gasteiger partial charge in [-0.1, -0.05) is 0 Å². The quantitative estimate of drug-likeness (QED) is 0.834. The summed E-state index contributed by atoms with van der Waals surface area (Å²) in [5, 5.41) is 0.562. The first kappa shape index (κ1) is 16.9. The van der Waals surface area contributed by atoms with Gasteiger partial charge in [-0.05, 0) is 40.5 Å². The van der Waals surface area contributed by atoms with Crippen LogP contribution in [0.25, 0.3) is 0 Å². The Morgan fingerprint density at radius 3 is 2.41 bits per heavy atom. The molecule has 0 radical (unpaired) electrons. The van der Waals surface area contributed by atoms with Crippen LogP contribution in [0.2, 0.25) is 0 Å². The lowest BCUT2D eigenvalue weighted by Gasteiger charge is -2.33. The van der Waals surface area contributed by atoms with Gasteiger partial charge in [-0.25, -0.2) is 9.78 Å². The topological polar surface area (TPSA) is 72.4 Å². The molecule has 7 heteroatoms. The van der Waals surface area contributed by atoms with Crippen LogP contribution >= 0.6 is 0 Å². The smallest absolute Gasteiger partial charge is 0.410 e. The van der Waals surface area contributed by atoms with E-state index in [2.05, 4.69) is 9.97 Å². The van der Waals surface area contributed by atoms with Crippen molar-refractivity contribution in [2.24, 2.45) is 0 Å². The number of amides is 1. The van der Waals surface area contributed by atoms with Crippen molar-refractivity contribution in [1.29, 1.82) is 0 Å². The minimum absolute atomic E-state index is 0.00841. The van der Waals surface area contributed by atoms with Crippen LogP contribution in [0, 0.1) is 6.92 Å². The van der Waals surface area contributed by atoms with E-state index in [0.29, 0.717) is 36.7 Å². The zero-order valence-corrected chi connectivity index (χ0v) is 14.4. The average molecular weight is 325 g/mol. The standard InChI is InChI=1S/C15H23N3O3S/c1-11-13(17-8-7-16-11)22(20)12-5-9-18(10-6-12)14(19)21-15(2,3)4/h7-8,12H,5-6,9-10H2,1-4H3/t22-/m0/s1. The van der Waals surface area contributed by atoms with Crippen molar-refractivity contribution in [2.45, 2.75) is 56.4 Å². The van der Waals surface area contributed by atoms with Crippen molar-refractivity contribution in [2.75, 3.05) is 13.1 Å². The Bertz CT molecular complexity index is 563. The number of piperidine rings is 1. The number of rotatable bonds is 2. The first-order valence-corrected chi connectivity index (χ1v) is 8.65. The summed E-state index contributed by atoms with van der Waals surface area (Å²) in [7, 11) is -1.18. The van der Waals surface area contributed by atoms with E-state index in [1.807, 2.05) is 27.7 Å². The Hall–Kier alpha value is -1.50. The predicted octanol–water partition coefficient (Wildman–Crippen LogP) is 2.29. The first-order valence-electron chi connectivity index (χ1n) is 7.44. The molecule has 0 spiro atoms. The lowest BCUT2D eigenvalue weighted by Crippen LogP contribution is -2.43. The van der Waals surface area contributed by atoms with Gasteiger partial charge in [-0.3, -0.25) is 9.19 Å². The Labute approximate surface area is 133 Å². The highest BCUT2D eigenvalue weighted by molar-refractivity contribution is 7.85. The van der Waals surface area contributed by atoms with Gasteiger partial charge in [0.25, 0.3) is 0 Å². The van der Waals surface area contributed by atoms with Gasteiger partial charge in [0.2, 0.25) is 0 Å². The Kier molecular flexibility index (Phi) is 5.16. The molecule has 1 saturated heterocycles. The van der Waals surface area contributed by atoms with Crippen LogP contribution in [0.5, 0.6) is 0 Å². The van der Waals surface area contributed by atoms with Gasteiger partial charge in [-0.15, -0.1) is 0 Å². The molecule has 1 aliphatic heterocycles. The molecular weight excluding hydrogens is 302 g/mol. The molecular formula is C15H23N3O3S. The molecule has 0 aromatic carbocycles. The van der Waals surface area contributed by atoms with Crippen LogP contribution in [0.3, 0.4) is 0 Å². The molecule has 0 aliphatic carbocycles. The lowest BCUT2D eigenvalue weighted by molar-refractivity contribution is 0.0218. The summed E-state index contributed by atoms with van der Waals surface area (Å²) >= 11 is 0. The van der Waals surface area contributed by atoms with E-state index in [4.69, 9.17) is 4.74 Å². The largest absolute Gasteiger partial charge is 0.444 e. The SMILES string of the molecule is Cc1nccnc1[S@@](=O)C1CCN(C(=O)OC(C)(C)C)CC1. The van der Waals surface area contributed by atoms with Gasteiger partial charge in [0.05, 0.1) is 16.5 Å². The van der Waals surface area contributed by atoms with Crippen molar-refractivity contribution >= 4 is 16.9 Å². The second kappa shape index (κ2) is 6.73. The number of hydrogen-bond donors (Lipinski definition) is 0. The summed E-state index contributed by atoms with van der Waals surface area (Å²) in [6, 6.07) is 0. The first-order chi connectivity index (χ1) is 10.3. The van der Waals surface area contributed by atoms with E-state index in [1.165, 1.54) is 0 Å². The van der Waals surface area contributed by atoms with Crippen molar-refractivity contribution in [3.63, 3.8) is 0 Å². The van der Waals surface area contributed by atoms with Crippen LogP contribution in [0.1, 0.15) is 39.3 Å². The molecule has 1 aromatic rings. The van der Waals surface area contributed by atoms with E-state index in [1.54, 1.807) is 17.3 Å². The van der Waals surface area contributed by atoms with Crippen LogP contribution < -0.4 is 0 Å². The Morgan fingerprint density at radius 2 is 1.86 bits per heavy atom. The van der Waals surface area contributed by atoms with Crippen LogP contribution in [0.4, 0.5) is 4.79 Å².